The summed E-state index contributed by atoms with van der Waals surface area (Å²) >= 11 is 0. The zero-order valence-electron chi connectivity index (χ0n) is 14.9. The molecule has 2 atom stereocenters. The van der Waals surface area contributed by atoms with E-state index in [1.165, 1.54) is 6.42 Å². The van der Waals surface area contributed by atoms with E-state index in [0.717, 1.165) is 18.2 Å². The van der Waals surface area contributed by atoms with Gasteiger partial charge in [0.1, 0.15) is 11.6 Å². The quantitative estimate of drug-likeness (QED) is 0.533. The van der Waals surface area contributed by atoms with Crippen LogP contribution in [0, 0.1) is 29.9 Å². The molecule has 2 unspecified atom stereocenters. The van der Waals surface area contributed by atoms with Crippen molar-refractivity contribution in [3.05, 3.63) is 41.8 Å². The molecule has 1 aliphatic rings. The molecule has 8 heteroatoms. The molecule has 0 aliphatic heterocycles. The van der Waals surface area contributed by atoms with Gasteiger partial charge in [-0.1, -0.05) is 0 Å². The summed E-state index contributed by atoms with van der Waals surface area (Å²) < 4.78 is 26.4. The molecule has 0 spiro atoms. The molecule has 1 aliphatic carbocycles. The zero-order valence-corrected chi connectivity index (χ0v) is 14.9. The Bertz CT molecular complexity index is 670. The second-order valence-electron chi connectivity index (χ2n) is 7.26. The Hall–Kier alpha value is -2.06. The minimum absolute atomic E-state index is 0.0868. The second-order valence-corrected chi connectivity index (χ2v) is 7.26. The Morgan fingerprint density at radius 3 is 2.22 bits per heavy atom. The number of hydrogen-bond donors (Lipinski definition) is 4. The molecule has 2 amide bonds. The predicted octanol–water partition coefficient (Wildman–Crippen LogP) is 0.971. The van der Waals surface area contributed by atoms with Gasteiger partial charge in [-0.3, -0.25) is 9.59 Å². The van der Waals surface area contributed by atoms with Crippen LogP contribution in [0.1, 0.15) is 37.7 Å². The lowest BCUT2D eigenvalue weighted by molar-refractivity contribution is -0.139. The molecule has 2 rings (SSSR count). The molecule has 0 saturated heterocycles. The van der Waals surface area contributed by atoms with Gasteiger partial charge in [0.25, 0.3) is 0 Å². The SMILES string of the molecule is NC(=O)C1CCC(O)(C(CC(O)[CH]Cc2cc(F)cc(F)c2)C(N)=O)CC1. The maximum Gasteiger partial charge on any atom is 0.223 e. The Balaban J connectivity index is 1.96. The summed E-state index contributed by atoms with van der Waals surface area (Å²) in [6.45, 7) is 0. The smallest absolute Gasteiger partial charge is 0.223 e. The largest absolute Gasteiger partial charge is 0.393 e. The topological polar surface area (TPSA) is 127 Å². The van der Waals surface area contributed by atoms with Crippen LogP contribution >= 0.6 is 0 Å². The highest BCUT2D eigenvalue weighted by Gasteiger charge is 2.44. The van der Waals surface area contributed by atoms with Gasteiger partial charge in [0.15, 0.2) is 0 Å². The van der Waals surface area contributed by atoms with E-state index in [9.17, 15) is 28.6 Å². The van der Waals surface area contributed by atoms with Crippen LogP contribution in [0.3, 0.4) is 0 Å². The average molecular weight is 383 g/mol. The maximum atomic E-state index is 13.2. The Morgan fingerprint density at radius 1 is 1.19 bits per heavy atom. The number of hydrogen-bond acceptors (Lipinski definition) is 4. The van der Waals surface area contributed by atoms with Crippen molar-refractivity contribution in [1.82, 2.24) is 0 Å². The number of amides is 2. The number of aliphatic hydroxyl groups excluding tert-OH is 1. The number of primary amides is 2. The molecule has 0 heterocycles. The molecule has 0 bridgehead atoms. The first-order valence-corrected chi connectivity index (χ1v) is 8.88. The number of benzene rings is 1. The van der Waals surface area contributed by atoms with E-state index in [1.54, 1.807) is 0 Å². The van der Waals surface area contributed by atoms with Crippen molar-refractivity contribution >= 4 is 11.8 Å². The molecule has 1 radical (unpaired) electrons. The first-order chi connectivity index (χ1) is 12.6. The molecule has 6 nitrogen and oxygen atoms in total. The van der Waals surface area contributed by atoms with Crippen molar-refractivity contribution < 1.29 is 28.6 Å². The summed E-state index contributed by atoms with van der Waals surface area (Å²) in [6, 6.07) is 3.05. The molecule has 1 saturated carbocycles. The molecule has 1 aromatic rings. The van der Waals surface area contributed by atoms with Crippen LogP contribution in [0.4, 0.5) is 8.78 Å². The highest BCUT2D eigenvalue weighted by Crippen LogP contribution is 2.39. The van der Waals surface area contributed by atoms with E-state index in [4.69, 9.17) is 11.5 Å². The molecular formula is C19H25F2N2O4. The van der Waals surface area contributed by atoms with Gasteiger partial charge in [-0.15, -0.1) is 0 Å². The minimum Gasteiger partial charge on any atom is -0.393 e. The van der Waals surface area contributed by atoms with E-state index in [2.05, 4.69) is 0 Å². The number of halogens is 2. The lowest BCUT2D eigenvalue weighted by atomic mass is 9.70. The van der Waals surface area contributed by atoms with E-state index < -0.39 is 41.1 Å². The fourth-order valence-electron chi connectivity index (χ4n) is 3.69. The highest BCUT2D eigenvalue weighted by atomic mass is 19.1. The van der Waals surface area contributed by atoms with Gasteiger partial charge in [-0.25, -0.2) is 8.78 Å². The Morgan fingerprint density at radius 2 is 1.74 bits per heavy atom. The van der Waals surface area contributed by atoms with E-state index in [1.807, 2.05) is 0 Å². The van der Waals surface area contributed by atoms with E-state index >= 15 is 0 Å². The van der Waals surface area contributed by atoms with Crippen molar-refractivity contribution in [2.45, 2.75) is 50.2 Å². The maximum absolute atomic E-state index is 13.2. The molecule has 27 heavy (non-hydrogen) atoms. The Kier molecular flexibility index (Phi) is 6.89. The van der Waals surface area contributed by atoms with Crippen LogP contribution in [0.2, 0.25) is 0 Å². The van der Waals surface area contributed by atoms with E-state index in [-0.39, 0.29) is 31.6 Å². The van der Waals surface area contributed by atoms with Crippen LogP contribution in [-0.4, -0.2) is 33.7 Å². The number of rotatable bonds is 8. The van der Waals surface area contributed by atoms with Gasteiger partial charge in [0.05, 0.1) is 17.6 Å². The average Bonchev–Trinajstić information content (AvgIpc) is 2.57. The van der Waals surface area contributed by atoms with Gasteiger partial charge >= 0.3 is 0 Å². The van der Waals surface area contributed by atoms with Crippen molar-refractivity contribution in [3.63, 3.8) is 0 Å². The standard InChI is InChI=1S/C19H25F2N2O4/c20-13-7-11(8-14(21)9-13)1-2-15(24)10-16(18(23)26)19(27)5-3-12(4-6-19)17(22)25/h2,7-9,12,15-16,24,27H,1,3-6,10H2,(H2,22,25)(H2,23,26). The monoisotopic (exact) mass is 383 g/mol. The van der Waals surface area contributed by atoms with Gasteiger partial charge < -0.3 is 21.7 Å². The van der Waals surface area contributed by atoms with Gasteiger partial charge in [-0.2, -0.15) is 0 Å². The lowest BCUT2D eigenvalue weighted by Crippen LogP contribution is -2.49. The van der Waals surface area contributed by atoms with Crippen LogP contribution in [0.15, 0.2) is 18.2 Å². The second kappa shape index (κ2) is 8.75. The summed E-state index contributed by atoms with van der Waals surface area (Å²) in [5, 5.41) is 21.0. The predicted molar refractivity (Wildman–Crippen MR) is 93.8 cm³/mol. The molecule has 1 fully saturated rings. The fraction of sp³-hybridized carbons (Fsp3) is 0.526. The third kappa shape index (κ3) is 5.71. The van der Waals surface area contributed by atoms with Crippen molar-refractivity contribution in [2.75, 3.05) is 0 Å². The van der Waals surface area contributed by atoms with Gasteiger partial charge in [0, 0.05) is 12.0 Å². The molecule has 149 valence electrons. The summed E-state index contributed by atoms with van der Waals surface area (Å²) in [6.07, 6.45) is 1.31. The summed E-state index contributed by atoms with van der Waals surface area (Å²) in [7, 11) is 0. The first kappa shape index (κ1) is 21.2. The minimum atomic E-state index is -1.42. The van der Waals surface area contributed by atoms with Crippen molar-refractivity contribution in [1.29, 1.82) is 0 Å². The molecule has 6 N–H and O–H groups in total. The summed E-state index contributed by atoms with van der Waals surface area (Å²) in [5.74, 6) is -3.99. The first-order valence-electron chi connectivity index (χ1n) is 8.88. The van der Waals surface area contributed by atoms with Crippen LogP contribution in [0.5, 0.6) is 0 Å². The number of nitrogens with two attached hydrogens (primary N) is 2. The third-order valence-electron chi connectivity index (χ3n) is 5.27. The number of carbonyl (C=O) groups is 2. The van der Waals surface area contributed by atoms with Crippen LogP contribution in [-0.2, 0) is 16.0 Å². The Labute approximate surface area is 156 Å². The zero-order chi connectivity index (χ0) is 20.2. The highest BCUT2D eigenvalue weighted by molar-refractivity contribution is 5.79. The van der Waals surface area contributed by atoms with E-state index in [0.29, 0.717) is 18.4 Å². The van der Waals surface area contributed by atoms with Crippen LogP contribution in [0.25, 0.3) is 0 Å². The molecule has 1 aromatic carbocycles. The summed E-state index contributed by atoms with van der Waals surface area (Å²) in [5.41, 5.74) is 9.62. The lowest BCUT2D eigenvalue weighted by Gasteiger charge is -2.40. The normalized spacial score (nSPS) is 25.0. The van der Waals surface area contributed by atoms with Crippen molar-refractivity contribution in [3.8, 4) is 0 Å². The van der Waals surface area contributed by atoms with Gasteiger partial charge in [0.2, 0.25) is 11.8 Å². The molecular weight excluding hydrogens is 358 g/mol. The van der Waals surface area contributed by atoms with Crippen LogP contribution < -0.4 is 11.5 Å². The van der Waals surface area contributed by atoms with Crippen molar-refractivity contribution in [2.24, 2.45) is 23.3 Å². The summed E-state index contributed by atoms with van der Waals surface area (Å²) in [4.78, 5) is 23.1. The number of carbonyl (C=O) groups excluding carboxylic acids is 2. The number of aliphatic hydroxyl groups is 2. The fourth-order valence-corrected chi connectivity index (χ4v) is 3.69. The van der Waals surface area contributed by atoms with Gasteiger partial charge in [-0.05, 0) is 62.6 Å². The third-order valence-corrected chi connectivity index (χ3v) is 5.27. The molecule has 0 aromatic heterocycles.